The summed E-state index contributed by atoms with van der Waals surface area (Å²) in [5.74, 6) is -1.23. The molecular weight excluding hydrogens is 431 g/mol. The van der Waals surface area contributed by atoms with Crippen LogP contribution in [0.25, 0.3) is 0 Å². The van der Waals surface area contributed by atoms with Crippen LogP contribution in [0.15, 0.2) is 36.4 Å². The first-order valence-corrected chi connectivity index (χ1v) is 8.83. The van der Waals surface area contributed by atoms with E-state index in [2.05, 4.69) is 0 Å². The second-order valence-electron chi connectivity index (χ2n) is 7.08. The van der Waals surface area contributed by atoms with E-state index in [9.17, 15) is 33.2 Å². The minimum Gasteiger partial charge on any atom is -0.461 e. The third-order valence-electron chi connectivity index (χ3n) is 3.89. The van der Waals surface area contributed by atoms with Crippen molar-refractivity contribution in [1.29, 1.82) is 0 Å². The number of nitro groups is 1. The first-order valence-electron chi connectivity index (χ1n) is 8.45. The van der Waals surface area contributed by atoms with Crippen LogP contribution in [0.4, 0.5) is 18.9 Å². The van der Waals surface area contributed by atoms with Gasteiger partial charge in [-0.15, -0.1) is 0 Å². The van der Waals surface area contributed by atoms with Crippen LogP contribution in [0, 0.1) is 15.5 Å². The number of aliphatic hydroxyl groups is 1. The largest absolute Gasteiger partial charge is 0.461 e. The molecule has 0 aromatic heterocycles. The topological polar surface area (TPSA) is 98.9 Å². The molecule has 162 valence electrons. The van der Waals surface area contributed by atoms with Crippen LogP contribution in [-0.2, 0) is 10.9 Å². The molecule has 7 nitrogen and oxygen atoms in total. The highest BCUT2D eigenvalue weighted by Crippen LogP contribution is 2.37. The Morgan fingerprint density at radius 2 is 1.87 bits per heavy atom. The number of hydrogen-bond acceptors (Lipinski definition) is 6. The van der Waals surface area contributed by atoms with Crippen LogP contribution < -0.4 is 4.74 Å². The molecule has 30 heavy (non-hydrogen) atoms. The van der Waals surface area contributed by atoms with Crippen molar-refractivity contribution in [3.8, 4) is 11.5 Å². The molecule has 0 heterocycles. The molecular formula is C19H17ClF3NO6. The smallest absolute Gasteiger partial charge is 0.416 e. The van der Waals surface area contributed by atoms with Gasteiger partial charge in [-0.1, -0.05) is 25.4 Å². The molecule has 0 aliphatic rings. The fourth-order valence-electron chi connectivity index (χ4n) is 2.17. The number of ether oxygens (including phenoxy) is 2. The van der Waals surface area contributed by atoms with Crippen LogP contribution in [0.1, 0.15) is 29.8 Å². The summed E-state index contributed by atoms with van der Waals surface area (Å²) in [6, 6.07) is 5.63. The summed E-state index contributed by atoms with van der Waals surface area (Å²) in [6.07, 6.45) is -4.59. The minimum atomic E-state index is -4.59. The summed E-state index contributed by atoms with van der Waals surface area (Å²) in [5.41, 5.74) is -2.70. The summed E-state index contributed by atoms with van der Waals surface area (Å²) >= 11 is 5.84. The molecule has 2 aromatic rings. The predicted octanol–water partition coefficient (Wildman–Crippen LogP) is 5.23. The molecule has 0 radical (unpaired) electrons. The van der Waals surface area contributed by atoms with Crippen LogP contribution in [0.2, 0.25) is 5.02 Å². The summed E-state index contributed by atoms with van der Waals surface area (Å²) < 4.78 is 48.7. The zero-order valence-electron chi connectivity index (χ0n) is 15.8. The molecule has 0 aliphatic carbocycles. The van der Waals surface area contributed by atoms with E-state index >= 15 is 0 Å². The van der Waals surface area contributed by atoms with E-state index in [1.54, 1.807) is 13.8 Å². The Balaban J connectivity index is 2.32. The fourth-order valence-corrected chi connectivity index (χ4v) is 2.39. The van der Waals surface area contributed by atoms with E-state index < -0.39 is 39.3 Å². The van der Waals surface area contributed by atoms with Gasteiger partial charge in [0.1, 0.15) is 17.1 Å². The minimum absolute atomic E-state index is 0.0735. The van der Waals surface area contributed by atoms with E-state index in [0.717, 1.165) is 24.3 Å². The summed E-state index contributed by atoms with van der Waals surface area (Å²) in [4.78, 5) is 22.8. The van der Waals surface area contributed by atoms with Crippen molar-refractivity contribution in [2.45, 2.75) is 20.0 Å². The standard InChI is InChI=1S/C19H17ClF3NO6/c1-18(2,9-25)10-29-17(26)13-8-12(4-5-15(13)24(27)28)30-16-6-3-11(7-14(16)20)19(21,22)23/h3-8,25H,9-10H2,1-2H3. The van der Waals surface area contributed by atoms with Crippen molar-refractivity contribution in [3.63, 3.8) is 0 Å². The van der Waals surface area contributed by atoms with Crippen molar-refractivity contribution in [1.82, 2.24) is 0 Å². The maximum absolute atomic E-state index is 12.7. The number of benzene rings is 2. The molecule has 0 atom stereocenters. The van der Waals surface area contributed by atoms with Gasteiger partial charge in [-0.3, -0.25) is 10.1 Å². The number of carbonyl (C=O) groups is 1. The van der Waals surface area contributed by atoms with E-state index in [1.165, 1.54) is 6.07 Å². The average Bonchev–Trinajstić information content (AvgIpc) is 2.66. The molecule has 0 saturated carbocycles. The Labute approximate surface area is 174 Å². The van der Waals surface area contributed by atoms with Crippen molar-refractivity contribution in [2.24, 2.45) is 5.41 Å². The van der Waals surface area contributed by atoms with E-state index in [-0.39, 0.29) is 29.7 Å². The summed E-state index contributed by atoms with van der Waals surface area (Å²) in [6.45, 7) is 2.77. The Hall–Kier alpha value is -2.85. The molecule has 0 saturated heterocycles. The average molecular weight is 448 g/mol. The number of alkyl halides is 3. The third kappa shape index (κ3) is 5.83. The van der Waals surface area contributed by atoms with Gasteiger partial charge in [0.25, 0.3) is 5.69 Å². The van der Waals surface area contributed by atoms with Gasteiger partial charge < -0.3 is 14.6 Å². The van der Waals surface area contributed by atoms with Gasteiger partial charge >= 0.3 is 12.1 Å². The van der Waals surface area contributed by atoms with Gasteiger partial charge in [0, 0.05) is 17.5 Å². The van der Waals surface area contributed by atoms with Crippen LogP contribution in [0.5, 0.6) is 11.5 Å². The Morgan fingerprint density at radius 1 is 1.20 bits per heavy atom. The molecule has 11 heteroatoms. The molecule has 0 aliphatic heterocycles. The van der Waals surface area contributed by atoms with Crippen molar-refractivity contribution >= 4 is 23.3 Å². The number of esters is 1. The Morgan fingerprint density at radius 3 is 2.40 bits per heavy atom. The highest BCUT2D eigenvalue weighted by molar-refractivity contribution is 6.32. The number of aliphatic hydroxyl groups excluding tert-OH is 1. The van der Waals surface area contributed by atoms with Crippen molar-refractivity contribution < 1.29 is 37.5 Å². The quantitative estimate of drug-likeness (QED) is 0.354. The van der Waals surface area contributed by atoms with Gasteiger partial charge in [0.05, 0.1) is 28.7 Å². The second kappa shape index (κ2) is 8.88. The van der Waals surface area contributed by atoms with Crippen LogP contribution >= 0.6 is 11.6 Å². The number of rotatable bonds is 7. The molecule has 0 amide bonds. The lowest BCUT2D eigenvalue weighted by Gasteiger charge is -2.20. The SMILES string of the molecule is CC(C)(CO)COC(=O)c1cc(Oc2ccc(C(F)(F)F)cc2Cl)ccc1[N+](=O)[O-]. The molecule has 2 rings (SSSR count). The zero-order chi connectivity index (χ0) is 22.7. The number of nitro benzene ring substituents is 1. The van der Waals surface area contributed by atoms with Crippen LogP contribution in [-0.4, -0.2) is 29.2 Å². The number of carbonyl (C=O) groups excluding carboxylic acids is 1. The molecule has 1 N–H and O–H groups in total. The van der Waals surface area contributed by atoms with E-state index in [4.69, 9.17) is 21.1 Å². The second-order valence-corrected chi connectivity index (χ2v) is 7.49. The van der Waals surface area contributed by atoms with Crippen molar-refractivity contribution in [2.75, 3.05) is 13.2 Å². The lowest BCUT2D eigenvalue weighted by Crippen LogP contribution is -2.25. The zero-order valence-corrected chi connectivity index (χ0v) is 16.6. The lowest BCUT2D eigenvalue weighted by molar-refractivity contribution is -0.385. The van der Waals surface area contributed by atoms with Crippen molar-refractivity contribution in [3.05, 3.63) is 62.7 Å². The molecule has 0 unspecified atom stereocenters. The Kier molecular flexibility index (Phi) is 6.94. The summed E-state index contributed by atoms with van der Waals surface area (Å²) in [5, 5.41) is 20.1. The van der Waals surface area contributed by atoms with Gasteiger partial charge in [-0.2, -0.15) is 13.2 Å². The molecule has 0 spiro atoms. The first-order chi connectivity index (χ1) is 13.8. The summed E-state index contributed by atoms with van der Waals surface area (Å²) in [7, 11) is 0. The molecule has 0 bridgehead atoms. The highest BCUT2D eigenvalue weighted by Gasteiger charge is 2.31. The maximum atomic E-state index is 12.7. The lowest BCUT2D eigenvalue weighted by atomic mass is 9.96. The van der Waals surface area contributed by atoms with Gasteiger partial charge in [-0.25, -0.2) is 4.79 Å². The number of nitrogens with zero attached hydrogens (tertiary/aromatic N) is 1. The number of hydrogen-bond donors (Lipinski definition) is 1. The fraction of sp³-hybridized carbons (Fsp3) is 0.316. The molecule has 2 aromatic carbocycles. The molecule has 0 fully saturated rings. The van der Waals surface area contributed by atoms with E-state index in [0.29, 0.717) is 6.07 Å². The Bertz CT molecular complexity index is 962. The normalized spacial score (nSPS) is 11.8. The monoisotopic (exact) mass is 447 g/mol. The van der Waals surface area contributed by atoms with Gasteiger partial charge in [0.15, 0.2) is 0 Å². The van der Waals surface area contributed by atoms with Gasteiger partial charge in [0.2, 0.25) is 0 Å². The predicted molar refractivity (Wildman–Crippen MR) is 101 cm³/mol. The highest BCUT2D eigenvalue weighted by atomic mass is 35.5. The van der Waals surface area contributed by atoms with E-state index in [1.807, 2.05) is 0 Å². The van der Waals surface area contributed by atoms with Crippen LogP contribution in [0.3, 0.4) is 0 Å². The third-order valence-corrected chi connectivity index (χ3v) is 4.19. The number of halogens is 4. The maximum Gasteiger partial charge on any atom is 0.416 e. The first kappa shape index (κ1) is 23.4. The van der Waals surface area contributed by atoms with Gasteiger partial charge in [-0.05, 0) is 24.3 Å².